The number of alkyl carbamates (subject to hydrolysis) is 1. The van der Waals surface area contributed by atoms with Crippen LogP contribution in [0.5, 0.6) is 11.5 Å². The van der Waals surface area contributed by atoms with Crippen molar-refractivity contribution in [3.63, 3.8) is 0 Å². The number of rotatable bonds is 6. The molecule has 0 aliphatic heterocycles. The summed E-state index contributed by atoms with van der Waals surface area (Å²) in [4.78, 5) is 20.1. The van der Waals surface area contributed by atoms with Crippen LogP contribution in [0.2, 0.25) is 5.02 Å². The Balaban J connectivity index is 1.55. The molecule has 0 spiro atoms. The summed E-state index contributed by atoms with van der Waals surface area (Å²) in [5.74, 6) is 1.17. The molecule has 2 aromatic carbocycles. The average Bonchev–Trinajstić information content (AvgIpc) is 2.82. The Labute approximate surface area is 195 Å². The van der Waals surface area contributed by atoms with Crippen molar-refractivity contribution in [2.75, 3.05) is 19.5 Å². The van der Waals surface area contributed by atoms with Gasteiger partial charge >= 0.3 is 6.09 Å². The van der Waals surface area contributed by atoms with Crippen LogP contribution in [-0.4, -0.2) is 42.4 Å². The van der Waals surface area contributed by atoms with Crippen molar-refractivity contribution < 1.29 is 23.4 Å². The van der Waals surface area contributed by atoms with Gasteiger partial charge in [0.2, 0.25) is 0 Å². The number of anilines is 2. The molecule has 0 unspecified atom stereocenters. The minimum absolute atomic E-state index is 0.0151. The zero-order valence-corrected chi connectivity index (χ0v) is 19.0. The second kappa shape index (κ2) is 10.1. The van der Waals surface area contributed by atoms with Gasteiger partial charge in [-0.2, -0.15) is 0 Å². The molecule has 1 aromatic heterocycles. The number of carbonyl (C=O) groups is 1. The quantitative estimate of drug-likeness (QED) is 0.505. The number of nitrogens with one attached hydrogen (secondary N) is 2. The Hall–Kier alpha value is -3.33. The molecule has 10 heteroatoms. The van der Waals surface area contributed by atoms with E-state index < -0.39 is 11.9 Å². The molecular formula is C23H24ClFN4O4. The fourth-order valence-electron chi connectivity index (χ4n) is 3.86. The second-order valence-corrected chi connectivity index (χ2v) is 8.13. The van der Waals surface area contributed by atoms with Crippen molar-refractivity contribution in [2.45, 2.75) is 37.8 Å². The summed E-state index contributed by atoms with van der Waals surface area (Å²) >= 11 is 5.90. The van der Waals surface area contributed by atoms with Crippen LogP contribution in [0.3, 0.4) is 0 Å². The van der Waals surface area contributed by atoms with Crippen molar-refractivity contribution in [1.82, 2.24) is 15.3 Å². The number of methoxy groups -OCH3 is 2. The predicted molar refractivity (Wildman–Crippen MR) is 123 cm³/mol. The first kappa shape index (κ1) is 22.8. The van der Waals surface area contributed by atoms with Gasteiger partial charge < -0.3 is 24.8 Å². The second-order valence-electron chi connectivity index (χ2n) is 7.72. The Kier molecular flexibility index (Phi) is 6.98. The molecule has 8 nitrogen and oxygen atoms in total. The van der Waals surface area contributed by atoms with Gasteiger partial charge in [0.15, 0.2) is 11.5 Å². The van der Waals surface area contributed by atoms with Crippen molar-refractivity contribution in [2.24, 2.45) is 0 Å². The van der Waals surface area contributed by atoms with Crippen LogP contribution in [0.15, 0.2) is 36.7 Å². The van der Waals surface area contributed by atoms with Gasteiger partial charge in [-0.1, -0.05) is 11.6 Å². The highest BCUT2D eigenvalue weighted by Crippen LogP contribution is 2.37. The van der Waals surface area contributed by atoms with Crippen molar-refractivity contribution >= 4 is 40.1 Å². The summed E-state index contributed by atoms with van der Waals surface area (Å²) in [6.45, 7) is 0. The molecule has 174 valence electrons. The molecule has 0 bridgehead atoms. The largest absolute Gasteiger partial charge is 0.493 e. The van der Waals surface area contributed by atoms with E-state index in [0.717, 1.165) is 31.1 Å². The molecular weight excluding hydrogens is 451 g/mol. The number of carbonyl (C=O) groups excluding carboxylic acids is 1. The van der Waals surface area contributed by atoms with Crippen LogP contribution in [0.4, 0.5) is 20.7 Å². The zero-order valence-electron chi connectivity index (χ0n) is 18.2. The fraction of sp³-hybridized carbons (Fsp3) is 0.348. The normalized spacial score (nSPS) is 17.9. The van der Waals surface area contributed by atoms with Crippen LogP contribution in [0, 0.1) is 5.82 Å². The maximum absolute atomic E-state index is 13.5. The van der Waals surface area contributed by atoms with E-state index in [-0.39, 0.29) is 17.2 Å². The highest BCUT2D eigenvalue weighted by atomic mass is 35.5. The SMILES string of the molecule is COC(=O)N[C@H]1CC[C@@H](Oc2cc3c(Nc4ccc(F)c(Cl)c4)ncnc3cc2OC)CC1. The van der Waals surface area contributed by atoms with E-state index in [1.807, 2.05) is 6.07 Å². The van der Waals surface area contributed by atoms with Gasteiger partial charge in [-0.05, 0) is 49.9 Å². The number of fused-ring (bicyclic) bond motifs is 1. The first-order valence-corrected chi connectivity index (χ1v) is 10.9. The molecule has 33 heavy (non-hydrogen) atoms. The monoisotopic (exact) mass is 474 g/mol. The van der Waals surface area contributed by atoms with Gasteiger partial charge in [-0.3, -0.25) is 0 Å². The van der Waals surface area contributed by atoms with E-state index >= 15 is 0 Å². The third-order valence-corrected chi connectivity index (χ3v) is 5.87. The van der Waals surface area contributed by atoms with Gasteiger partial charge in [0.25, 0.3) is 0 Å². The van der Waals surface area contributed by atoms with Crippen LogP contribution in [0.1, 0.15) is 25.7 Å². The molecule has 1 heterocycles. The number of ether oxygens (including phenoxy) is 3. The number of hydrogen-bond acceptors (Lipinski definition) is 7. The minimum Gasteiger partial charge on any atom is -0.493 e. The molecule has 1 aliphatic rings. The van der Waals surface area contributed by atoms with Gasteiger partial charge in [0.05, 0.1) is 30.9 Å². The standard InChI is InChI=1S/C23H24ClFN4O4/c1-31-20-11-19-16(22(27-12-26-19)28-14-5-8-18(25)17(24)9-14)10-21(20)33-15-6-3-13(4-7-15)29-23(30)32-2/h5,8-13,15H,3-4,6-7H2,1-2H3,(H,29,30)(H,26,27,28)/t13-,15+. The lowest BCUT2D eigenvalue weighted by Crippen LogP contribution is -2.39. The zero-order chi connectivity index (χ0) is 23.4. The minimum atomic E-state index is -0.494. The van der Waals surface area contributed by atoms with E-state index in [0.29, 0.717) is 28.5 Å². The van der Waals surface area contributed by atoms with Gasteiger partial charge in [0, 0.05) is 23.2 Å². The van der Waals surface area contributed by atoms with Crippen molar-refractivity contribution in [3.8, 4) is 11.5 Å². The van der Waals surface area contributed by atoms with Gasteiger partial charge in [0.1, 0.15) is 18.0 Å². The Morgan fingerprint density at radius 1 is 1.09 bits per heavy atom. The molecule has 0 radical (unpaired) electrons. The summed E-state index contributed by atoms with van der Waals surface area (Å²) in [5.41, 5.74) is 1.26. The molecule has 4 rings (SSSR count). The van der Waals surface area contributed by atoms with Crippen LogP contribution in [0.25, 0.3) is 10.9 Å². The lowest BCUT2D eigenvalue weighted by molar-refractivity contribution is 0.126. The Morgan fingerprint density at radius 2 is 1.88 bits per heavy atom. The Bertz CT molecular complexity index is 1150. The highest BCUT2D eigenvalue weighted by molar-refractivity contribution is 6.31. The summed E-state index contributed by atoms with van der Waals surface area (Å²) in [6.07, 6.45) is 4.13. The third-order valence-electron chi connectivity index (χ3n) is 5.58. The number of amides is 1. The number of hydrogen-bond donors (Lipinski definition) is 2. The maximum atomic E-state index is 13.5. The van der Waals surface area contributed by atoms with E-state index in [1.54, 1.807) is 19.2 Å². The van der Waals surface area contributed by atoms with Crippen molar-refractivity contribution in [3.05, 3.63) is 47.5 Å². The summed E-state index contributed by atoms with van der Waals surface area (Å²) in [6, 6.07) is 8.06. The van der Waals surface area contributed by atoms with Gasteiger partial charge in [-0.15, -0.1) is 0 Å². The van der Waals surface area contributed by atoms with Crippen LogP contribution >= 0.6 is 11.6 Å². The average molecular weight is 475 g/mol. The summed E-state index contributed by atoms with van der Waals surface area (Å²) in [7, 11) is 2.93. The number of aromatic nitrogens is 2. The lowest BCUT2D eigenvalue weighted by atomic mass is 9.93. The Morgan fingerprint density at radius 3 is 2.58 bits per heavy atom. The first-order chi connectivity index (χ1) is 16.0. The molecule has 1 fully saturated rings. The van der Waals surface area contributed by atoms with Crippen LogP contribution < -0.4 is 20.1 Å². The molecule has 2 N–H and O–H groups in total. The molecule has 1 amide bonds. The molecule has 3 aromatic rings. The van der Waals surface area contributed by atoms with E-state index in [2.05, 4.69) is 25.3 Å². The van der Waals surface area contributed by atoms with E-state index in [9.17, 15) is 9.18 Å². The number of benzene rings is 2. The topological polar surface area (TPSA) is 94.6 Å². The smallest absolute Gasteiger partial charge is 0.407 e. The van der Waals surface area contributed by atoms with E-state index in [4.69, 9.17) is 21.1 Å². The highest BCUT2D eigenvalue weighted by Gasteiger charge is 2.25. The lowest BCUT2D eigenvalue weighted by Gasteiger charge is -2.29. The molecule has 1 saturated carbocycles. The van der Waals surface area contributed by atoms with Crippen LogP contribution in [-0.2, 0) is 4.74 Å². The molecule has 0 saturated heterocycles. The first-order valence-electron chi connectivity index (χ1n) is 10.5. The summed E-state index contributed by atoms with van der Waals surface area (Å²) < 4.78 is 30.0. The predicted octanol–water partition coefficient (Wildman–Crippen LogP) is 5.22. The molecule has 1 aliphatic carbocycles. The molecule has 0 atom stereocenters. The van der Waals surface area contributed by atoms with Crippen molar-refractivity contribution in [1.29, 1.82) is 0 Å². The fourth-order valence-corrected chi connectivity index (χ4v) is 4.04. The van der Waals surface area contributed by atoms with Gasteiger partial charge in [-0.25, -0.2) is 19.2 Å². The number of nitrogens with zero attached hydrogens (tertiary/aromatic N) is 2. The summed E-state index contributed by atoms with van der Waals surface area (Å²) in [5, 5.41) is 6.73. The third kappa shape index (κ3) is 5.36. The van der Waals surface area contributed by atoms with E-state index in [1.165, 1.54) is 25.6 Å². The maximum Gasteiger partial charge on any atom is 0.407 e. The number of halogens is 2.